The zero-order chi connectivity index (χ0) is 13.2. The Balaban J connectivity index is 2.06. The minimum atomic E-state index is 0.191. The molecule has 0 saturated carbocycles. The topological polar surface area (TPSA) is 12.0 Å². The molecule has 0 fully saturated rings. The number of hydrogen-bond donors (Lipinski definition) is 1. The van der Waals surface area contributed by atoms with E-state index in [2.05, 4.69) is 41.7 Å². The summed E-state index contributed by atoms with van der Waals surface area (Å²) in [4.78, 5) is 1.31. The van der Waals surface area contributed by atoms with E-state index in [1.54, 1.807) is 0 Å². The Hall–Kier alpha value is -1.35. The Morgan fingerprint density at radius 3 is 2.63 bits per heavy atom. The van der Waals surface area contributed by atoms with Gasteiger partial charge in [0.2, 0.25) is 0 Å². The first-order valence-corrected chi connectivity index (χ1v) is 7.38. The summed E-state index contributed by atoms with van der Waals surface area (Å²) in [6.07, 6.45) is 0. The molecule has 1 nitrogen and oxygen atoms in total. The number of hydrogen-bond acceptors (Lipinski definition) is 2. The van der Waals surface area contributed by atoms with E-state index in [9.17, 15) is 0 Å². The predicted molar refractivity (Wildman–Crippen MR) is 84.2 cm³/mol. The van der Waals surface area contributed by atoms with Crippen molar-refractivity contribution in [2.75, 3.05) is 7.05 Å². The molecule has 1 atom stereocenters. The highest BCUT2D eigenvalue weighted by molar-refractivity contribution is 7.19. The van der Waals surface area contributed by atoms with Gasteiger partial charge in [-0.2, -0.15) is 0 Å². The molecule has 0 radical (unpaired) electrons. The highest BCUT2D eigenvalue weighted by Crippen LogP contribution is 2.33. The van der Waals surface area contributed by atoms with Gasteiger partial charge in [0, 0.05) is 14.6 Å². The van der Waals surface area contributed by atoms with Crippen LogP contribution in [-0.4, -0.2) is 7.05 Å². The minimum absolute atomic E-state index is 0.191. The first kappa shape index (κ1) is 12.7. The van der Waals surface area contributed by atoms with E-state index >= 15 is 0 Å². The quantitative estimate of drug-likeness (QED) is 0.725. The van der Waals surface area contributed by atoms with Gasteiger partial charge >= 0.3 is 0 Å². The zero-order valence-corrected chi connectivity index (χ0v) is 12.1. The summed E-state index contributed by atoms with van der Waals surface area (Å²) in [5.41, 5.74) is 1.20. The smallest absolute Gasteiger partial charge is 0.0669 e. The predicted octanol–water partition coefficient (Wildman–Crippen LogP) is 4.86. The van der Waals surface area contributed by atoms with Crippen LogP contribution in [0.2, 0.25) is 5.02 Å². The average molecular weight is 288 g/mol. The standard InChI is InChI=1S/C16H14ClNS/c1-18-16(12-6-4-7-13(17)9-12)15-10-11-5-2-3-8-14(11)19-15/h2-10,16,18H,1H3. The lowest BCUT2D eigenvalue weighted by Crippen LogP contribution is -2.16. The van der Waals surface area contributed by atoms with Crippen molar-refractivity contribution in [2.45, 2.75) is 6.04 Å². The fourth-order valence-corrected chi connectivity index (χ4v) is 3.71. The molecule has 96 valence electrons. The number of rotatable bonds is 3. The van der Waals surface area contributed by atoms with Crippen LogP contribution < -0.4 is 5.32 Å². The van der Waals surface area contributed by atoms with Crippen LogP contribution in [-0.2, 0) is 0 Å². The van der Waals surface area contributed by atoms with Crippen LogP contribution in [0.15, 0.2) is 54.6 Å². The number of benzene rings is 2. The first-order valence-electron chi connectivity index (χ1n) is 6.19. The van der Waals surface area contributed by atoms with Gasteiger partial charge in [0.25, 0.3) is 0 Å². The average Bonchev–Trinajstić information content (AvgIpc) is 2.83. The molecule has 0 aliphatic carbocycles. The summed E-state index contributed by atoms with van der Waals surface area (Å²) in [5, 5.41) is 5.45. The Morgan fingerprint density at radius 2 is 1.89 bits per heavy atom. The van der Waals surface area contributed by atoms with Gasteiger partial charge in [-0.05, 0) is 42.3 Å². The maximum absolute atomic E-state index is 6.09. The molecular weight excluding hydrogens is 274 g/mol. The van der Waals surface area contributed by atoms with Crippen LogP contribution in [0, 0.1) is 0 Å². The van der Waals surface area contributed by atoms with Crippen LogP contribution in [0.4, 0.5) is 0 Å². The molecular formula is C16H14ClNS. The van der Waals surface area contributed by atoms with Crippen molar-refractivity contribution in [2.24, 2.45) is 0 Å². The highest BCUT2D eigenvalue weighted by atomic mass is 35.5. The molecule has 3 aromatic rings. The fraction of sp³-hybridized carbons (Fsp3) is 0.125. The van der Waals surface area contributed by atoms with E-state index in [-0.39, 0.29) is 6.04 Å². The van der Waals surface area contributed by atoms with Gasteiger partial charge in [0.1, 0.15) is 0 Å². The van der Waals surface area contributed by atoms with Crippen LogP contribution in [0.3, 0.4) is 0 Å². The Morgan fingerprint density at radius 1 is 1.05 bits per heavy atom. The molecule has 0 amide bonds. The lowest BCUT2D eigenvalue weighted by atomic mass is 10.1. The number of nitrogens with one attached hydrogen (secondary N) is 1. The molecule has 0 spiro atoms. The molecule has 1 heterocycles. The molecule has 0 saturated heterocycles. The van der Waals surface area contributed by atoms with Gasteiger partial charge in [-0.25, -0.2) is 0 Å². The molecule has 0 aliphatic rings. The van der Waals surface area contributed by atoms with E-state index < -0.39 is 0 Å². The summed E-state index contributed by atoms with van der Waals surface area (Å²) in [7, 11) is 1.98. The van der Waals surface area contributed by atoms with E-state index in [4.69, 9.17) is 11.6 Å². The van der Waals surface area contributed by atoms with Crippen molar-refractivity contribution in [3.05, 3.63) is 70.1 Å². The SMILES string of the molecule is CNC(c1cccc(Cl)c1)c1cc2ccccc2s1. The van der Waals surface area contributed by atoms with Gasteiger partial charge in [0.05, 0.1) is 6.04 Å². The third-order valence-electron chi connectivity index (χ3n) is 3.20. The second-order valence-electron chi connectivity index (χ2n) is 4.46. The van der Waals surface area contributed by atoms with Crippen LogP contribution in [0.25, 0.3) is 10.1 Å². The van der Waals surface area contributed by atoms with Crippen molar-refractivity contribution in [1.82, 2.24) is 5.32 Å². The maximum atomic E-state index is 6.09. The van der Waals surface area contributed by atoms with Crippen molar-refractivity contribution in [3.8, 4) is 0 Å². The van der Waals surface area contributed by atoms with Gasteiger partial charge in [-0.1, -0.05) is 41.9 Å². The summed E-state index contributed by atoms with van der Waals surface area (Å²) in [6.45, 7) is 0. The van der Waals surface area contributed by atoms with Gasteiger partial charge in [0.15, 0.2) is 0 Å². The molecule has 0 bridgehead atoms. The van der Waals surface area contributed by atoms with Crippen molar-refractivity contribution in [3.63, 3.8) is 0 Å². The molecule has 19 heavy (non-hydrogen) atoms. The Kier molecular flexibility index (Phi) is 3.56. The molecule has 0 aliphatic heterocycles. The molecule has 1 unspecified atom stereocenters. The summed E-state index contributed by atoms with van der Waals surface area (Å²) >= 11 is 7.91. The summed E-state index contributed by atoms with van der Waals surface area (Å²) < 4.78 is 1.32. The number of halogens is 1. The van der Waals surface area contributed by atoms with Crippen molar-refractivity contribution in [1.29, 1.82) is 0 Å². The molecule has 2 aromatic carbocycles. The second kappa shape index (κ2) is 5.33. The van der Waals surface area contributed by atoms with Crippen LogP contribution in [0.1, 0.15) is 16.5 Å². The van der Waals surface area contributed by atoms with Gasteiger partial charge in [-0.15, -0.1) is 11.3 Å². The van der Waals surface area contributed by atoms with Crippen LogP contribution >= 0.6 is 22.9 Å². The molecule has 1 aromatic heterocycles. The lowest BCUT2D eigenvalue weighted by Gasteiger charge is -2.15. The number of thiophene rings is 1. The lowest BCUT2D eigenvalue weighted by molar-refractivity contribution is 0.704. The Bertz CT molecular complexity index is 672. The molecule has 3 rings (SSSR count). The van der Waals surface area contributed by atoms with Crippen LogP contribution in [0.5, 0.6) is 0 Å². The zero-order valence-electron chi connectivity index (χ0n) is 10.6. The van der Waals surface area contributed by atoms with Gasteiger partial charge < -0.3 is 5.32 Å². The monoisotopic (exact) mass is 287 g/mol. The summed E-state index contributed by atoms with van der Waals surface area (Å²) in [6, 6.07) is 18.9. The second-order valence-corrected chi connectivity index (χ2v) is 6.02. The number of fused-ring (bicyclic) bond motifs is 1. The third kappa shape index (κ3) is 2.52. The van der Waals surface area contributed by atoms with Gasteiger partial charge in [-0.3, -0.25) is 0 Å². The van der Waals surface area contributed by atoms with E-state index in [1.807, 2.05) is 36.6 Å². The highest BCUT2D eigenvalue weighted by Gasteiger charge is 2.15. The maximum Gasteiger partial charge on any atom is 0.0669 e. The molecule has 1 N–H and O–H groups in total. The largest absolute Gasteiger partial charge is 0.309 e. The summed E-state index contributed by atoms with van der Waals surface area (Å²) in [5.74, 6) is 0. The minimum Gasteiger partial charge on any atom is -0.309 e. The van der Waals surface area contributed by atoms with E-state index in [1.165, 1.54) is 20.5 Å². The van der Waals surface area contributed by atoms with E-state index in [0.717, 1.165) is 5.02 Å². The molecule has 3 heteroatoms. The Labute approximate surface area is 121 Å². The first-order chi connectivity index (χ1) is 9.28. The third-order valence-corrected chi connectivity index (χ3v) is 4.62. The van der Waals surface area contributed by atoms with Crippen molar-refractivity contribution >= 4 is 33.0 Å². The normalized spacial score (nSPS) is 12.7. The fourth-order valence-electron chi connectivity index (χ4n) is 2.30. The van der Waals surface area contributed by atoms with Crippen molar-refractivity contribution < 1.29 is 0 Å². The van der Waals surface area contributed by atoms with E-state index in [0.29, 0.717) is 0 Å².